The van der Waals surface area contributed by atoms with Gasteiger partial charge in [0.2, 0.25) is 0 Å². The van der Waals surface area contributed by atoms with Crippen molar-refractivity contribution < 1.29 is 4.74 Å². The van der Waals surface area contributed by atoms with Crippen LogP contribution >= 0.6 is 11.3 Å². The van der Waals surface area contributed by atoms with Crippen LogP contribution in [0.15, 0.2) is 53.3 Å². The third kappa shape index (κ3) is 2.21. The van der Waals surface area contributed by atoms with Crippen LogP contribution < -0.4 is 10.2 Å². The predicted octanol–water partition coefficient (Wildman–Crippen LogP) is 4.25. The summed E-state index contributed by atoms with van der Waals surface area (Å²) in [6.45, 7) is 2.03. The average molecular weight is 282 g/mol. The van der Waals surface area contributed by atoms with E-state index in [9.17, 15) is 4.79 Å². The number of hydrogen-bond donors (Lipinski definition) is 0. The van der Waals surface area contributed by atoms with E-state index in [2.05, 4.69) is 6.07 Å². The van der Waals surface area contributed by atoms with Crippen molar-refractivity contribution in [3.63, 3.8) is 0 Å². The first-order valence-corrected chi connectivity index (χ1v) is 7.18. The van der Waals surface area contributed by atoms with Crippen molar-refractivity contribution in [3.8, 4) is 16.2 Å². The summed E-state index contributed by atoms with van der Waals surface area (Å²) in [4.78, 5) is 13.2. The summed E-state index contributed by atoms with van der Waals surface area (Å²) >= 11 is 1.62. The number of aryl methyl sites for hydroxylation is 1. The molecule has 0 N–H and O–H groups in total. The highest BCUT2D eigenvalue weighted by Gasteiger charge is 2.09. The zero-order chi connectivity index (χ0) is 14.1. The summed E-state index contributed by atoms with van der Waals surface area (Å²) in [5, 5.41) is 0.777. The number of methoxy groups -OCH3 is 1. The van der Waals surface area contributed by atoms with Crippen LogP contribution in [-0.2, 0) is 0 Å². The standard InChI is InChI=1S/C17H14O2S/c1-11-7-8-12-14(18)10-17(20-16(12)9-11)13-5-3-4-6-15(13)19-2/h3-10H,1-2H3. The van der Waals surface area contributed by atoms with E-state index in [-0.39, 0.29) is 5.43 Å². The van der Waals surface area contributed by atoms with Crippen LogP contribution in [0.4, 0.5) is 0 Å². The van der Waals surface area contributed by atoms with Gasteiger partial charge in [0.25, 0.3) is 0 Å². The monoisotopic (exact) mass is 282 g/mol. The Morgan fingerprint density at radius 2 is 1.85 bits per heavy atom. The Kier molecular flexibility index (Phi) is 3.28. The summed E-state index contributed by atoms with van der Waals surface area (Å²) < 4.78 is 6.39. The number of hydrogen-bond acceptors (Lipinski definition) is 3. The molecule has 2 nitrogen and oxygen atoms in total. The summed E-state index contributed by atoms with van der Waals surface area (Å²) in [5.74, 6) is 0.787. The predicted molar refractivity (Wildman–Crippen MR) is 84.8 cm³/mol. The van der Waals surface area contributed by atoms with Gasteiger partial charge in [-0.05, 0) is 36.8 Å². The molecule has 100 valence electrons. The van der Waals surface area contributed by atoms with Crippen LogP contribution in [-0.4, -0.2) is 7.11 Å². The van der Waals surface area contributed by atoms with Gasteiger partial charge in [0.15, 0.2) is 5.43 Å². The molecule has 0 bridgehead atoms. The molecule has 0 unspecified atom stereocenters. The third-order valence-electron chi connectivity index (χ3n) is 3.26. The lowest BCUT2D eigenvalue weighted by Crippen LogP contribution is -1.99. The minimum Gasteiger partial charge on any atom is -0.496 e. The molecule has 0 aliphatic carbocycles. The maximum Gasteiger partial charge on any atom is 0.188 e. The highest BCUT2D eigenvalue weighted by atomic mass is 32.1. The van der Waals surface area contributed by atoms with Crippen molar-refractivity contribution in [2.45, 2.75) is 6.92 Å². The van der Waals surface area contributed by atoms with Gasteiger partial charge in [0, 0.05) is 26.6 Å². The molecular formula is C17H14O2S. The van der Waals surface area contributed by atoms with Crippen LogP contribution in [0.5, 0.6) is 5.75 Å². The Labute approximate surface area is 121 Å². The summed E-state index contributed by atoms with van der Waals surface area (Å²) in [5.41, 5.74) is 2.17. The van der Waals surface area contributed by atoms with Gasteiger partial charge in [-0.25, -0.2) is 0 Å². The molecule has 0 radical (unpaired) electrons. The van der Waals surface area contributed by atoms with Crippen LogP contribution in [0.2, 0.25) is 0 Å². The van der Waals surface area contributed by atoms with Crippen LogP contribution in [0.1, 0.15) is 5.56 Å². The van der Waals surface area contributed by atoms with Gasteiger partial charge < -0.3 is 4.74 Å². The Bertz CT molecular complexity index is 834. The van der Waals surface area contributed by atoms with Crippen LogP contribution in [0, 0.1) is 6.92 Å². The molecule has 0 aliphatic heterocycles. The smallest absolute Gasteiger partial charge is 0.188 e. The van der Waals surface area contributed by atoms with Crippen molar-refractivity contribution in [1.29, 1.82) is 0 Å². The first kappa shape index (κ1) is 12.9. The second-order valence-corrected chi connectivity index (χ2v) is 5.76. The highest BCUT2D eigenvalue weighted by Crippen LogP contribution is 2.34. The molecular weight excluding hydrogens is 268 g/mol. The molecule has 0 aliphatic rings. The Hall–Kier alpha value is -2.13. The number of ether oxygens (including phenoxy) is 1. The van der Waals surface area contributed by atoms with E-state index in [1.165, 1.54) is 0 Å². The maximum absolute atomic E-state index is 12.2. The number of fused-ring (bicyclic) bond motifs is 1. The molecule has 0 atom stereocenters. The topological polar surface area (TPSA) is 26.3 Å². The summed E-state index contributed by atoms with van der Waals surface area (Å²) in [6.07, 6.45) is 0. The third-order valence-corrected chi connectivity index (χ3v) is 4.37. The average Bonchev–Trinajstić information content (AvgIpc) is 2.46. The van der Waals surface area contributed by atoms with Crippen molar-refractivity contribution in [2.24, 2.45) is 0 Å². The molecule has 2 aromatic carbocycles. The van der Waals surface area contributed by atoms with E-state index in [1.807, 2.05) is 43.3 Å². The van der Waals surface area contributed by atoms with E-state index in [0.29, 0.717) is 0 Å². The molecule has 0 fully saturated rings. The van der Waals surface area contributed by atoms with Gasteiger partial charge >= 0.3 is 0 Å². The molecule has 20 heavy (non-hydrogen) atoms. The zero-order valence-corrected chi connectivity index (χ0v) is 12.2. The lowest BCUT2D eigenvalue weighted by atomic mass is 10.1. The highest BCUT2D eigenvalue weighted by molar-refractivity contribution is 7.21. The maximum atomic E-state index is 12.2. The SMILES string of the molecule is COc1ccccc1-c1cc(=O)c2ccc(C)cc2s1. The Morgan fingerprint density at radius 3 is 2.65 bits per heavy atom. The van der Waals surface area contributed by atoms with Gasteiger partial charge in [-0.2, -0.15) is 0 Å². The fourth-order valence-corrected chi connectivity index (χ4v) is 3.45. The van der Waals surface area contributed by atoms with Crippen molar-refractivity contribution in [2.75, 3.05) is 7.11 Å². The minimum atomic E-state index is 0.0552. The molecule has 3 heteroatoms. The second-order valence-electron chi connectivity index (χ2n) is 4.67. The van der Waals surface area contributed by atoms with Crippen molar-refractivity contribution in [3.05, 3.63) is 64.3 Å². The zero-order valence-electron chi connectivity index (χ0n) is 11.3. The fourth-order valence-electron chi connectivity index (χ4n) is 2.24. The molecule has 0 spiro atoms. The molecule has 1 aromatic heterocycles. The second kappa shape index (κ2) is 5.10. The molecule has 0 saturated heterocycles. The van der Waals surface area contributed by atoms with E-state index in [0.717, 1.165) is 31.8 Å². The lowest BCUT2D eigenvalue weighted by molar-refractivity contribution is 0.416. The Morgan fingerprint density at radius 1 is 1.05 bits per heavy atom. The molecule has 3 aromatic rings. The van der Waals surface area contributed by atoms with E-state index in [4.69, 9.17) is 4.74 Å². The van der Waals surface area contributed by atoms with E-state index < -0.39 is 0 Å². The van der Waals surface area contributed by atoms with Crippen LogP contribution in [0.25, 0.3) is 20.5 Å². The van der Waals surface area contributed by atoms with Gasteiger partial charge in [0.05, 0.1) is 7.11 Å². The summed E-state index contributed by atoms with van der Waals surface area (Å²) in [6, 6.07) is 15.4. The van der Waals surface area contributed by atoms with Gasteiger partial charge in [-0.15, -0.1) is 11.3 Å². The molecule has 3 rings (SSSR count). The molecule has 0 saturated carbocycles. The fraction of sp³-hybridized carbons (Fsp3) is 0.118. The molecule has 1 heterocycles. The van der Waals surface area contributed by atoms with Crippen LogP contribution in [0.3, 0.4) is 0 Å². The van der Waals surface area contributed by atoms with E-state index >= 15 is 0 Å². The lowest BCUT2D eigenvalue weighted by Gasteiger charge is -2.08. The van der Waals surface area contributed by atoms with Gasteiger partial charge in [0.1, 0.15) is 5.75 Å². The minimum absolute atomic E-state index is 0.0552. The van der Waals surface area contributed by atoms with Crippen molar-refractivity contribution >= 4 is 21.4 Å². The number of benzene rings is 2. The van der Waals surface area contributed by atoms with Gasteiger partial charge in [-0.1, -0.05) is 18.2 Å². The summed E-state index contributed by atoms with van der Waals surface area (Å²) in [7, 11) is 1.65. The van der Waals surface area contributed by atoms with Gasteiger partial charge in [-0.3, -0.25) is 4.79 Å². The first-order valence-electron chi connectivity index (χ1n) is 6.37. The normalized spacial score (nSPS) is 10.7. The molecule has 0 amide bonds. The van der Waals surface area contributed by atoms with E-state index in [1.54, 1.807) is 24.5 Å². The van der Waals surface area contributed by atoms with Crippen molar-refractivity contribution in [1.82, 2.24) is 0 Å². The number of para-hydroxylation sites is 1. The largest absolute Gasteiger partial charge is 0.496 e. The Balaban J connectivity index is 2.29. The number of rotatable bonds is 2. The quantitative estimate of drug-likeness (QED) is 0.702. The first-order chi connectivity index (χ1) is 9.69.